The highest BCUT2D eigenvalue weighted by Gasteiger charge is 2.23. The van der Waals surface area contributed by atoms with Gasteiger partial charge in [-0.15, -0.1) is 11.3 Å². The Morgan fingerprint density at radius 1 is 1.32 bits per heavy atom. The summed E-state index contributed by atoms with van der Waals surface area (Å²) in [7, 11) is 0. The molecule has 0 bridgehead atoms. The number of hydrogen-bond acceptors (Lipinski definition) is 1. The van der Waals surface area contributed by atoms with Crippen LogP contribution >= 0.6 is 11.3 Å². The van der Waals surface area contributed by atoms with Crippen LogP contribution in [0, 0.1) is 11.8 Å². The van der Waals surface area contributed by atoms with Crippen molar-refractivity contribution >= 4 is 11.3 Å². The van der Waals surface area contributed by atoms with Crippen molar-refractivity contribution in [3.05, 3.63) is 21.9 Å². The Hall–Kier alpha value is -0.300. The summed E-state index contributed by atoms with van der Waals surface area (Å²) in [5.74, 6) is 2.71. The molecule has 108 valence electrons. The van der Waals surface area contributed by atoms with Gasteiger partial charge in [0.2, 0.25) is 0 Å². The monoisotopic (exact) mass is 278 g/mol. The molecular formula is C18H30S. The summed E-state index contributed by atoms with van der Waals surface area (Å²) >= 11 is 2.00. The minimum Gasteiger partial charge on any atom is -0.149 e. The fourth-order valence-electron chi connectivity index (χ4n) is 3.23. The highest BCUT2D eigenvalue weighted by Crippen LogP contribution is 2.38. The van der Waals surface area contributed by atoms with E-state index in [9.17, 15) is 0 Å². The van der Waals surface area contributed by atoms with Crippen molar-refractivity contribution in [2.75, 3.05) is 0 Å². The van der Waals surface area contributed by atoms with E-state index in [1.165, 1.54) is 51.4 Å². The van der Waals surface area contributed by atoms with Gasteiger partial charge in [-0.2, -0.15) is 0 Å². The molecule has 19 heavy (non-hydrogen) atoms. The maximum absolute atomic E-state index is 2.46. The molecule has 1 aromatic heterocycles. The molecule has 1 aromatic rings. The molecule has 0 saturated heterocycles. The second-order valence-electron chi connectivity index (χ2n) is 6.38. The van der Waals surface area contributed by atoms with E-state index < -0.39 is 0 Å². The van der Waals surface area contributed by atoms with Crippen molar-refractivity contribution in [3.63, 3.8) is 0 Å². The van der Waals surface area contributed by atoms with E-state index in [0.29, 0.717) is 0 Å². The quantitative estimate of drug-likeness (QED) is 0.489. The third-order valence-corrected chi connectivity index (χ3v) is 5.90. The van der Waals surface area contributed by atoms with Gasteiger partial charge in [0.05, 0.1) is 0 Å². The lowest BCUT2D eigenvalue weighted by molar-refractivity contribution is 0.388. The molecule has 1 heteroatoms. The molecule has 0 N–H and O–H groups in total. The summed E-state index contributed by atoms with van der Waals surface area (Å²) in [5, 5.41) is 2.32. The second kappa shape index (κ2) is 7.47. The van der Waals surface area contributed by atoms with E-state index in [1.807, 2.05) is 11.3 Å². The van der Waals surface area contributed by atoms with Crippen molar-refractivity contribution in [1.82, 2.24) is 0 Å². The van der Waals surface area contributed by atoms with Crippen molar-refractivity contribution in [2.24, 2.45) is 11.8 Å². The Bertz CT molecular complexity index is 362. The molecule has 0 radical (unpaired) electrons. The van der Waals surface area contributed by atoms with Crippen LogP contribution in [0.15, 0.2) is 11.4 Å². The fraction of sp³-hybridized carbons (Fsp3) is 0.778. The highest BCUT2D eigenvalue weighted by atomic mass is 32.1. The molecule has 1 saturated carbocycles. The zero-order chi connectivity index (χ0) is 13.7. The molecule has 0 amide bonds. The first-order valence-electron chi connectivity index (χ1n) is 8.32. The normalized spacial score (nSPS) is 18.5. The Morgan fingerprint density at radius 2 is 2.11 bits per heavy atom. The lowest BCUT2D eigenvalue weighted by atomic mass is 9.82. The molecule has 1 fully saturated rings. The van der Waals surface area contributed by atoms with Crippen molar-refractivity contribution in [2.45, 2.75) is 78.1 Å². The molecule has 0 aromatic carbocycles. The van der Waals surface area contributed by atoms with Crippen LogP contribution < -0.4 is 0 Å². The van der Waals surface area contributed by atoms with Crippen LogP contribution in [0.3, 0.4) is 0 Å². The molecular weight excluding hydrogens is 248 g/mol. The SMILES string of the molecule is CCCC[C@H](CC)[C@H](C)c1ccsc1CCC1CC1. The molecule has 2 atom stereocenters. The van der Waals surface area contributed by atoms with Gasteiger partial charge in [0, 0.05) is 4.88 Å². The number of thiophene rings is 1. The maximum atomic E-state index is 2.46. The number of unbranched alkanes of at least 4 members (excludes halogenated alkanes) is 1. The largest absolute Gasteiger partial charge is 0.149 e. The molecule has 0 spiro atoms. The Labute approximate surface area is 123 Å². The van der Waals surface area contributed by atoms with E-state index in [1.54, 1.807) is 10.4 Å². The average Bonchev–Trinajstić information content (AvgIpc) is 3.14. The fourth-order valence-corrected chi connectivity index (χ4v) is 4.23. The summed E-state index contributed by atoms with van der Waals surface area (Å²) in [5.41, 5.74) is 1.67. The number of aryl methyl sites for hydroxylation is 1. The van der Waals surface area contributed by atoms with E-state index >= 15 is 0 Å². The lowest BCUT2D eigenvalue weighted by Gasteiger charge is -2.23. The summed E-state index contributed by atoms with van der Waals surface area (Å²) in [4.78, 5) is 1.69. The molecule has 0 unspecified atom stereocenters. The summed E-state index contributed by atoms with van der Waals surface area (Å²) in [6.07, 6.45) is 11.2. The average molecular weight is 279 g/mol. The van der Waals surface area contributed by atoms with Crippen LogP contribution in [-0.2, 0) is 6.42 Å². The third kappa shape index (κ3) is 4.34. The number of rotatable bonds is 9. The smallest absolute Gasteiger partial charge is 0.00801 e. The van der Waals surface area contributed by atoms with Crippen LogP contribution in [0.25, 0.3) is 0 Å². The summed E-state index contributed by atoms with van der Waals surface area (Å²) in [6, 6.07) is 2.41. The number of hydrogen-bond donors (Lipinski definition) is 0. The van der Waals surface area contributed by atoms with Crippen LogP contribution in [0.1, 0.15) is 82.1 Å². The summed E-state index contributed by atoms with van der Waals surface area (Å²) < 4.78 is 0. The van der Waals surface area contributed by atoms with Gasteiger partial charge >= 0.3 is 0 Å². The summed E-state index contributed by atoms with van der Waals surface area (Å²) in [6.45, 7) is 7.14. The molecule has 1 aliphatic rings. The van der Waals surface area contributed by atoms with Gasteiger partial charge in [0.25, 0.3) is 0 Å². The Morgan fingerprint density at radius 3 is 2.74 bits per heavy atom. The van der Waals surface area contributed by atoms with Crippen molar-refractivity contribution < 1.29 is 0 Å². The van der Waals surface area contributed by atoms with Gasteiger partial charge in [-0.25, -0.2) is 0 Å². The molecule has 2 rings (SSSR count). The topological polar surface area (TPSA) is 0 Å². The Balaban J connectivity index is 1.95. The van der Waals surface area contributed by atoms with Gasteiger partial charge in [-0.3, -0.25) is 0 Å². The molecule has 0 aliphatic heterocycles. The van der Waals surface area contributed by atoms with Gasteiger partial charge in [0.15, 0.2) is 0 Å². The minimum atomic E-state index is 0.761. The van der Waals surface area contributed by atoms with Gasteiger partial charge in [-0.05, 0) is 54.0 Å². The maximum Gasteiger partial charge on any atom is 0.00801 e. The van der Waals surface area contributed by atoms with E-state index in [4.69, 9.17) is 0 Å². The Kier molecular flexibility index (Phi) is 5.94. The van der Waals surface area contributed by atoms with Crippen molar-refractivity contribution in [1.29, 1.82) is 0 Å². The molecule has 1 aliphatic carbocycles. The molecule has 1 heterocycles. The zero-order valence-electron chi connectivity index (χ0n) is 13.0. The van der Waals surface area contributed by atoms with E-state index in [-0.39, 0.29) is 0 Å². The predicted molar refractivity (Wildman–Crippen MR) is 87.1 cm³/mol. The van der Waals surface area contributed by atoms with Gasteiger partial charge in [0.1, 0.15) is 0 Å². The van der Waals surface area contributed by atoms with Crippen LogP contribution in [0.5, 0.6) is 0 Å². The third-order valence-electron chi connectivity index (χ3n) is 4.91. The van der Waals surface area contributed by atoms with Gasteiger partial charge in [-0.1, -0.05) is 52.9 Å². The zero-order valence-corrected chi connectivity index (χ0v) is 13.8. The first-order chi connectivity index (χ1) is 9.26. The minimum absolute atomic E-state index is 0.761. The van der Waals surface area contributed by atoms with E-state index in [2.05, 4.69) is 32.2 Å². The highest BCUT2D eigenvalue weighted by molar-refractivity contribution is 7.10. The van der Waals surface area contributed by atoms with Crippen LogP contribution in [0.4, 0.5) is 0 Å². The van der Waals surface area contributed by atoms with Crippen LogP contribution in [-0.4, -0.2) is 0 Å². The van der Waals surface area contributed by atoms with Crippen molar-refractivity contribution in [3.8, 4) is 0 Å². The predicted octanol–water partition coefficient (Wildman–Crippen LogP) is 6.41. The van der Waals surface area contributed by atoms with E-state index in [0.717, 1.165) is 17.8 Å². The first kappa shape index (κ1) is 15.1. The first-order valence-corrected chi connectivity index (χ1v) is 9.20. The van der Waals surface area contributed by atoms with Crippen LogP contribution in [0.2, 0.25) is 0 Å². The second-order valence-corrected chi connectivity index (χ2v) is 7.38. The standard InChI is InChI=1S/C18H30S/c1-4-6-7-16(5-2)14(3)17-12-13-19-18(17)11-10-15-8-9-15/h12-16H,4-11H2,1-3H3/t14-,16-/m0/s1. The molecule has 0 nitrogen and oxygen atoms in total. The lowest BCUT2D eigenvalue weighted by Crippen LogP contribution is -2.10. The van der Waals surface area contributed by atoms with Gasteiger partial charge < -0.3 is 0 Å².